The van der Waals surface area contributed by atoms with Gasteiger partial charge in [-0.25, -0.2) is 13.1 Å². The van der Waals surface area contributed by atoms with E-state index in [1.165, 1.54) is 0 Å². The number of benzene rings is 2. The van der Waals surface area contributed by atoms with Crippen molar-refractivity contribution in [2.45, 2.75) is 23.5 Å². The third kappa shape index (κ3) is 3.39. The van der Waals surface area contributed by atoms with Gasteiger partial charge in [-0.3, -0.25) is 0 Å². The number of nitrogens with one attached hydrogen (secondary N) is 1. The average Bonchev–Trinajstić information content (AvgIpc) is 2.54. The molecule has 0 bridgehead atoms. The molecular weight excluding hydrogens is 343 g/mol. The molecule has 2 aromatic carbocycles. The summed E-state index contributed by atoms with van der Waals surface area (Å²) in [6.45, 7) is 0.327. The number of alkyl halides is 3. The van der Waals surface area contributed by atoms with E-state index in [1.807, 2.05) is 0 Å². The van der Waals surface area contributed by atoms with Crippen molar-refractivity contribution in [1.82, 2.24) is 4.72 Å². The number of fused-ring (bicyclic) bond motifs is 1. The second-order valence-electron chi connectivity index (χ2n) is 5.29. The Labute approximate surface area is 137 Å². The number of ether oxygens (including phenoxy) is 1. The van der Waals surface area contributed by atoms with E-state index in [-0.39, 0.29) is 4.90 Å². The molecule has 0 amide bonds. The highest BCUT2D eigenvalue weighted by Gasteiger charge is 2.31. The van der Waals surface area contributed by atoms with Crippen LogP contribution >= 0.6 is 0 Å². The topological polar surface area (TPSA) is 55.4 Å². The van der Waals surface area contributed by atoms with E-state index in [1.54, 1.807) is 18.2 Å². The number of hydrogen-bond donors (Lipinski definition) is 1. The maximum atomic E-state index is 12.6. The van der Waals surface area contributed by atoms with Crippen molar-refractivity contribution in [3.05, 3.63) is 59.7 Å². The molecule has 0 fully saturated rings. The van der Waals surface area contributed by atoms with E-state index in [4.69, 9.17) is 4.74 Å². The predicted molar refractivity (Wildman–Crippen MR) is 79.9 cm³/mol. The zero-order valence-electron chi connectivity index (χ0n) is 12.3. The molecule has 1 N–H and O–H groups in total. The van der Waals surface area contributed by atoms with Crippen molar-refractivity contribution in [3.8, 4) is 5.75 Å². The van der Waals surface area contributed by atoms with E-state index in [2.05, 4.69) is 10.8 Å². The van der Waals surface area contributed by atoms with Gasteiger partial charge in [-0.2, -0.15) is 13.2 Å². The van der Waals surface area contributed by atoms with Crippen molar-refractivity contribution in [2.75, 3.05) is 6.61 Å². The Morgan fingerprint density at radius 3 is 2.54 bits per heavy atom. The molecule has 4 nitrogen and oxygen atoms in total. The van der Waals surface area contributed by atoms with Gasteiger partial charge in [0.2, 0.25) is 10.0 Å². The number of rotatable bonds is 3. The standard InChI is InChI=1S/C16H13F3NO3S/c17-16(18,19)11-5-7-12(8-6-11)24(21,22)20-14-9-10-23-15-4-2-1-3-13(14)15/h1-3,5-8,14,20H,9-10H2. The minimum atomic E-state index is -4.51. The first-order valence-corrected chi connectivity index (χ1v) is 8.59. The number of halogens is 3. The molecule has 1 unspecified atom stereocenters. The molecule has 0 saturated heterocycles. The predicted octanol–water partition coefficient (Wildman–Crippen LogP) is 3.31. The summed E-state index contributed by atoms with van der Waals surface area (Å²) < 4.78 is 70.5. The molecule has 1 heterocycles. The SMILES string of the molecule is O=S(=O)(NC1CCOc2[c]cccc21)c1ccc(C(F)(F)F)cc1. The molecule has 1 aliphatic heterocycles. The minimum Gasteiger partial charge on any atom is -0.493 e. The van der Waals surface area contributed by atoms with Gasteiger partial charge >= 0.3 is 6.18 Å². The fourth-order valence-electron chi connectivity index (χ4n) is 2.47. The Morgan fingerprint density at radius 2 is 1.88 bits per heavy atom. The van der Waals surface area contributed by atoms with Gasteiger partial charge in [0.1, 0.15) is 5.75 Å². The Kier molecular flexibility index (Phi) is 4.27. The van der Waals surface area contributed by atoms with Crippen LogP contribution < -0.4 is 9.46 Å². The molecule has 0 aromatic heterocycles. The van der Waals surface area contributed by atoms with Crippen molar-refractivity contribution < 1.29 is 26.3 Å². The first-order chi connectivity index (χ1) is 11.3. The van der Waals surface area contributed by atoms with Crippen molar-refractivity contribution in [2.24, 2.45) is 0 Å². The van der Waals surface area contributed by atoms with Gasteiger partial charge in [0.25, 0.3) is 0 Å². The molecule has 1 atom stereocenters. The van der Waals surface area contributed by atoms with Crippen LogP contribution in [0.4, 0.5) is 13.2 Å². The van der Waals surface area contributed by atoms with E-state index >= 15 is 0 Å². The van der Waals surface area contributed by atoms with Gasteiger partial charge in [0, 0.05) is 18.1 Å². The highest BCUT2D eigenvalue weighted by molar-refractivity contribution is 7.89. The van der Waals surface area contributed by atoms with E-state index in [0.717, 1.165) is 24.3 Å². The molecule has 1 aliphatic rings. The summed E-state index contributed by atoms with van der Waals surface area (Å²) in [5.41, 5.74) is -0.244. The largest absolute Gasteiger partial charge is 0.493 e. The van der Waals surface area contributed by atoms with Crippen molar-refractivity contribution >= 4 is 10.0 Å². The van der Waals surface area contributed by atoms with Gasteiger partial charge in [-0.15, -0.1) is 0 Å². The van der Waals surface area contributed by atoms with E-state index < -0.39 is 27.8 Å². The molecule has 2 aromatic rings. The zero-order chi connectivity index (χ0) is 17.4. The first kappa shape index (κ1) is 16.8. The van der Waals surface area contributed by atoms with Gasteiger partial charge in [-0.05, 0) is 24.3 Å². The Morgan fingerprint density at radius 1 is 1.17 bits per heavy atom. The average molecular weight is 356 g/mol. The van der Waals surface area contributed by atoms with Crippen LogP contribution in [0.5, 0.6) is 5.75 Å². The molecule has 0 spiro atoms. The van der Waals surface area contributed by atoms with Crippen LogP contribution in [0.2, 0.25) is 0 Å². The van der Waals surface area contributed by atoms with Crippen molar-refractivity contribution in [3.63, 3.8) is 0 Å². The number of para-hydroxylation sites is 1. The van der Waals surface area contributed by atoms with Crippen LogP contribution in [0.25, 0.3) is 0 Å². The summed E-state index contributed by atoms with van der Waals surface area (Å²) in [6.07, 6.45) is -4.09. The third-order valence-electron chi connectivity index (χ3n) is 3.67. The van der Waals surface area contributed by atoms with Gasteiger partial charge < -0.3 is 4.74 Å². The van der Waals surface area contributed by atoms with Gasteiger partial charge in [0.05, 0.1) is 23.1 Å². The Hall–Kier alpha value is -2.06. The second-order valence-corrected chi connectivity index (χ2v) is 7.00. The lowest BCUT2D eigenvalue weighted by Crippen LogP contribution is -2.32. The minimum absolute atomic E-state index is 0.219. The first-order valence-electron chi connectivity index (χ1n) is 7.10. The lowest BCUT2D eigenvalue weighted by molar-refractivity contribution is -0.137. The van der Waals surface area contributed by atoms with E-state index in [9.17, 15) is 21.6 Å². The van der Waals surface area contributed by atoms with Crippen LogP contribution in [-0.2, 0) is 16.2 Å². The maximum absolute atomic E-state index is 12.6. The summed E-state index contributed by atoms with van der Waals surface area (Å²) in [6, 6.07) is 10.9. The summed E-state index contributed by atoms with van der Waals surface area (Å²) in [4.78, 5) is -0.219. The number of hydrogen-bond acceptors (Lipinski definition) is 3. The lowest BCUT2D eigenvalue weighted by Gasteiger charge is -2.26. The molecule has 0 aliphatic carbocycles. The van der Waals surface area contributed by atoms with Crippen LogP contribution in [0, 0.1) is 6.07 Å². The fourth-order valence-corrected chi connectivity index (χ4v) is 3.72. The van der Waals surface area contributed by atoms with Crippen LogP contribution in [0.3, 0.4) is 0 Å². The quantitative estimate of drug-likeness (QED) is 0.918. The summed E-state index contributed by atoms with van der Waals surface area (Å²) in [7, 11) is -3.95. The van der Waals surface area contributed by atoms with Crippen LogP contribution in [0.1, 0.15) is 23.6 Å². The molecule has 24 heavy (non-hydrogen) atoms. The lowest BCUT2D eigenvalue weighted by atomic mass is 10.0. The second kappa shape index (κ2) is 6.10. The normalized spacial score (nSPS) is 17.9. The fraction of sp³-hybridized carbons (Fsp3) is 0.250. The summed E-state index contributed by atoms with van der Waals surface area (Å²) >= 11 is 0. The molecule has 0 saturated carbocycles. The maximum Gasteiger partial charge on any atom is 0.416 e. The smallest absolute Gasteiger partial charge is 0.416 e. The monoisotopic (exact) mass is 356 g/mol. The highest BCUT2D eigenvalue weighted by Crippen LogP contribution is 2.33. The Balaban J connectivity index is 1.85. The van der Waals surface area contributed by atoms with Crippen molar-refractivity contribution in [1.29, 1.82) is 0 Å². The highest BCUT2D eigenvalue weighted by atomic mass is 32.2. The van der Waals surface area contributed by atoms with Crippen LogP contribution in [-0.4, -0.2) is 15.0 Å². The van der Waals surface area contributed by atoms with Gasteiger partial charge in [-0.1, -0.05) is 18.2 Å². The molecule has 127 valence electrons. The van der Waals surface area contributed by atoms with Gasteiger partial charge in [0.15, 0.2) is 0 Å². The van der Waals surface area contributed by atoms with E-state index in [0.29, 0.717) is 24.3 Å². The molecule has 1 radical (unpaired) electrons. The third-order valence-corrected chi connectivity index (χ3v) is 5.15. The number of sulfonamides is 1. The summed E-state index contributed by atoms with van der Waals surface area (Å²) in [5.74, 6) is 0.476. The molecule has 3 rings (SSSR count). The zero-order valence-corrected chi connectivity index (χ0v) is 13.1. The van der Waals surface area contributed by atoms with Crippen LogP contribution in [0.15, 0.2) is 47.4 Å². The molecular formula is C16H13F3NO3S. The molecule has 8 heteroatoms. The summed E-state index contributed by atoms with van der Waals surface area (Å²) in [5, 5.41) is 0. The Bertz CT molecular complexity index is 832.